The predicted octanol–water partition coefficient (Wildman–Crippen LogP) is 3.72. The van der Waals surface area contributed by atoms with Crippen molar-refractivity contribution in [1.82, 2.24) is 0 Å². The molecular weight excluding hydrogens is 200 g/mol. The van der Waals surface area contributed by atoms with Crippen molar-refractivity contribution < 1.29 is 0 Å². The Labute approximate surface area is 77.2 Å². The number of fused-ring (bicyclic) bond motifs is 2. The highest BCUT2D eigenvalue weighted by Gasteiger charge is 2.55. The summed E-state index contributed by atoms with van der Waals surface area (Å²) >= 11 is 3.67. The van der Waals surface area contributed by atoms with E-state index >= 15 is 0 Å². The average Bonchev–Trinajstić information content (AvgIpc) is 2.13. The second-order valence-corrected chi connectivity index (χ2v) is 5.68. The first-order valence-electron chi connectivity index (χ1n) is 4.36. The van der Waals surface area contributed by atoms with E-state index in [1.54, 1.807) is 0 Å². The molecule has 1 saturated carbocycles. The predicted molar refractivity (Wildman–Crippen MR) is 51.6 cm³/mol. The molecule has 0 aromatic carbocycles. The van der Waals surface area contributed by atoms with Gasteiger partial charge in [0.2, 0.25) is 0 Å². The lowest BCUT2D eigenvalue weighted by atomic mass is 9.71. The molecule has 0 amide bonds. The summed E-state index contributed by atoms with van der Waals surface area (Å²) in [6.45, 7) is 7.19. The van der Waals surface area contributed by atoms with Crippen LogP contribution >= 0.6 is 15.9 Å². The van der Waals surface area contributed by atoms with Crippen LogP contribution < -0.4 is 0 Å². The smallest absolute Gasteiger partial charge is 0.00388 e. The third-order valence-electron chi connectivity index (χ3n) is 4.08. The number of rotatable bonds is 0. The Bertz CT molecular complexity index is 227. The van der Waals surface area contributed by atoms with Gasteiger partial charge in [-0.2, -0.15) is 0 Å². The van der Waals surface area contributed by atoms with Crippen molar-refractivity contribution in [3.05, 3.63) is 10.6 Å². The molecule has 0 nitrogen and oxygen atoms in total. The first kappa shape index (κ1) is 7.85. The van der Waals surface area contributed by atoms with Crippen molar-refractivity contribution in [3.8, 4) is 0 Å². The minimum atomic E-state index is 0.469. The second-order valence-electron chi connectivity index (χ2n) is 4.76. The van der Waals surface area contributed by atoms with E-state index in [0.717, 1.165) is 5.92 Å². The van der Waals surface area contributed by atoms with Gasteiger partial charge in [0.25, 0.3) is 0 Å². The van der Waals surface area contributed by atoms with Gasteiger partial charge in [0.1, 0.15) is 0 Å². The maximum atomic E-state index is 3.67. The fourth-order valence-electron chi connectivity index (χ4n) is 2.67. The Balaban J connectivity index is 2.48. The lowest BCUT2D eigenvalue weighted by Crippen LogP contribution is -2.27. The number of halogens is 1. The van der Waals surface area contributed by atoms with Crippen LogP contribution in [0.5, 0.6) is 0 Å². The Morgan fingerprint density at radius 3 is 2.27 bits per heavy atom. The molecule has 62 valence electrons. The lowest BCUT2D eigenvalue weighted by molar-refractivity contribution is 0.181. The zero-order chi connectivity index (χ0) is 8.28. The summed E-state index contributed by atoms with van der Waals surface area (Å²) in [5.74, 6) is 0.799. The molecule has 0 aromatic rings. The topological polar surface area (TPSA) is 0 Å². The molecular formula is C10H15Br. The molecule has 2 aliphatic rings. The van der Waals surface area contributed by atoms with Gasteiger partial charge in [-0.1, -0.05) is 42.8 Å². The van der Waals surface area contributed by atoms with Gasteiger partial charge in [0, 0.05) is 0 Å². The summed E-state index contributed by atoms with van der Waals surface area (Å²) in [6.07, 6.45) is 5.18. The van der Waals surface area contributed by atoms with Crippen LogP contribution in [-0.2, 0) is 0 Å². The first-order valence-corrected chi connectivity index (χ1v) is 5.15. The van der Waals surface area contributed by atoms with E-state index in [1.807, 2.05) is 0 Å². The summed E-state index contributed by atoms with van der Waals surface area (Å²) in [7, 11) is 0. The fourth-order valence-corrected chi connectivity index (χ4v) is 3.98. The summed E-state index contributed by atoms with van der Waals surface area (Å²) in [4.78, 5) is 0. The van der Waals surface area contributed by atoms with Crippen molar-refractivity contribution >= 4 is 15.9 Å². The number of hydrogen-bond donors (Lipinski definition) is 0. The molecule has 0 N–H and O–H groups in total. The van der Waals surface area contributed by atoms with Crippen molar-refractivity contribution in [1.29, 1.82) is 0 Å². The van der Waals surface area contributed by atoms with E-state index in [9.17, 15) is 0 Å². The molecule has 2 aliphatic carbocycles. The third-order valence-corrected chi connectivity index (χ3v) is 4.87. The highest BCUT2D eigenvalue weighted by atomic mass is 79.9. The molecule has 0 radical (unpaired) electrons. The van der Waals surface area contributed by atoms with E-state index in [2.05, 4.69) is 42.8 Å². The van der Waals surface area contributed by atoms with Gasteiger partial charge in [-0.05, 0) is 34.1 Å². The van der Waals surface area contributed by atoms with Crippen LogP contribution in [0.1, 0.15) is 33.6 Å². The van der Waals surface area contributed by atoms with Crippen LogP contribution in [0, 0.1) is 16.7 Å². The van der Waals surface area contributed by atoms with Crippen LogP contribution in [0.3, 0.4) is 0 Å². The molecule has 11 heavy (non-hydrogen) atoms. The monoisotopic (exact) mass is 214 g/mol. The molecule has 0 aliphatic heterocycles. The van der Waals surface area contributed by atoms with Gasteiger partial charge < -0.3 is 0 Å². The Morgan fingerprint density at radius 1 is 1.45 bits per heavy atom. The molecule has 0 spiro atoms. The molecule has 1 fully saturated rings. The minimum Gasteiger partial charge on any atom is -0.0676 e. The van der Waals surface area contributed by atoms with Crippen LogP contribution in [0.2, 0.25) is 0 Å². The van der Waals surface area contributed by atoms with Crippen molar-refractivity contribution in [2.24, 2.45) is 16.7 Å². The van der Waals surface area contributed by atoms with E-state index in [4.69, 9.17) is 0 Å². The molecule has 2 rings (SSSR count). The maximum Gasteiger partial charge on any atom is -0.00388 e. The number of allylic oxidation sites excluding steroid dienone is 2. The molecule has 0 heterocycles. The van der Waals surface area contributed by atoms with E-state index < -0.39 is 0 Å². The highest BCUT2D eigenvalue weighted by Crippen LogP contribution is 2.65. The largest absolute Gasteiger partial charge is 0.0676 e. The summed E-state index contributed by atoms with van der Waals surface area (Å²) < 4.78 is 1.45. The lowest BCUT2D eigenvalue weighted by Gasteiger charge is -2.33. The fraction of sp³-hybridized carbons (Fsp3) is 0.800. The summed E-state index contributed by atoms with van der Waals surface area (Å²) in [5, 5.41) is 0. The van der Waals surface area contributed by atoms with E-state index in [1.165, 1.54) is 17.3 Å². The molecule has 0 aromatic heterocycles. The van der Waals surface area contributed by atoms with Crippen molar-refractivity contribution in [3.63, 3.8) is 0 Å². The van der Waals surface area contributed by atoms with Gasteiger partial charge in [0.15, 0.2) is 0 Å². The maximum absolute atomic E-state index is 3.67. The molecule has 2 unspecified atom stereocenters. The third kappa shape index (κ3) is 0.756. The Hall–Kier alpha value is 0.220. The number of hydrogen-bond acceptors (Lipinski definition) is 0. The molecule has 2 bridgehead atoms. The zero-order valence-electron chi connectivity index (χ0n) is 7.45. The van der Waals surface area contributed by atoms with Gasteiger partial charge >= 0.3 is 0 Å². The van der Waals surface area contributed by atoms with E-state index in [-0.39, 0.29) is 0 Å². The van der Waals surface area contributed by atoms with Crippen LogP contribution in [0.15, 0.2) is 10.6 Å². The highest BCUT2D eigenvalue weighted by molar-refractivity contribution is 9.11. The standard InChI is InChI=1S/C10H15Br/c1-9(2)7-4-5-10(9,3)6-8(7)11/h6-7H,4-5H2,1-3H3. The van der Waals surface area contributed by atoms with Crippen LogP contribution in [-0.4, -0.2) is 0 Å². The van der Waals surface area contributed by atoms with E-state index in [0.29, 0.717) is 10.8 Å². The zero-order valence-corrected chi connectivity index (χ0v) is 9.03. The van der Waals surface area contributed by atoms with Gasteiger partial charge in [-0.3, -0.25) is 0 Å². The van der Waals surface area contributed by atoms with Gasteiger partial charge in [-0.25, -0.2) is 0 Å². The van der Waals surface area contributed by atoms with Crippen molar-refractivity contribution in [2.45, 2.75) is 33.6 Å². The van der Waals surface area contributed by atoms with Gasteiger partial charge in [0.05, 0.1) is 0 Å². The van der Waals surface area contributed by atoms with Crippen LogP contribution in [0.4, 0.5) is 0 Å². The summed E-state index contributed by atoms with van der Waals surface area (Å²) in [6, 6.07) is 0. The molecule has 2 atom stereocenters. The normalized spacial score (nSPS) is 46.2. The average molecular weight is 215 g/mol. The molecule has 0 saturated heterocycles. The quantitative estimate of drug-likeness (QED) is 0.577. The second kappa shape index (κ2) is 1.93. The molecule has 1 heteroatoms. The Morgan fingerprint density at radius 2 is 2.09 bits per heavy atom. The van der Waals surface area contributed by atoms with Gasteiger partial charge in [-0.15, -0.1) is 0 Å². The van der Waals surface area contributed by atoms with Crippen LogP contribution in [0.25, 0.3) is 0 Å². The minimum absolute atomic E-state index is 0.469. The SMILES string of the molecule is CC12C=C(Br)C(CC1)C2(C)C. The summed E-state index contributed by atoms with van der Waals surface area (Å²) in [5.41, 5.74) is 0.961. The Kier molecular flexibility index (Phi) is 1.38. The first-order chi connectivity index (χ1) is 4.97. The van der Waals surface area contributed by atoms with Crippen molar-refractivity contribution in [2.75, 3.05) is 0 Å².